The van der Waals surface area contributed by atoms with Crippen molar-refractivity contribution in [2.75, 3.05) is 0 Å². The van der Waals surface area contributed by atoms with Crippen LogP contribution in [-0.4, -0.2) is 21.8 Å². The highest BCUT2D eigenvalue weighted by molar-refractivity contribution is 6.01. The molecule has 5 aromatic rings. The molecule has 1 aromatic heterocycles. The first-order valence-corrected chi connectivity index (χ1v) is 12.4. The molecule has 0 radical (unpaired) electrons. The molecule has 0 spiro atoms. The summed E-state index contributed by atoms with van der Waals surface area (Å²) in [4.78, 5) is 12.6. The minimum Gasteiger partial charge on any atom is -0.489 e. The maximum atomic E-state index is 12.6. The van der Waals surface area contributed by atoms with Gasteiger partial charge in [0.25, 0.3) is 5.91 Å². The number of nitrogens with one attached hydrogen (secondary N) is 2. The van der Waals surface area contributed by atoms with Crippen molar-refractivity contribution in [3.05, 3.63) is 132 Å². The predicted molar refractivity (Wildman–Crippen MR) is 151 cm³/mol. The van der Waals surface area contributed by atoms with Gasteiger partial charge in [-0.05, 0) is 66.4 Å². The van der Waals surface area contributed by atoms with Gasteiger partial charge in [-0.2, -0.15) is 10.2 Å². The van der Waals surface area contributed by atoms with Gasteiger partial charge in [0.05, 0.1) is 11.4 Å². The van der Waals surface area contributed by atoms with Crippen molar-refractivity contribution in [2.45, 2.75) is 20.5 Å². The van der Waals surface area contributed by atoms with Gasteiger partial charge in [-0.1, -0.05) is 84.4 Å². The second-order valence-corrected chi connectivity index (χ2v) is 9.05. The smallest absolute Gasteiger partial charge is 0.289 e. The van der Waals surface area contributed by atoms with Crippen LogP contribution < -0.4 is 10.2 Å². The highest BCUT2D eigenvalue weighted by Crippen LogP contribution is 2.22. The van der Waals surface area contributed by atoms with Crippen LogP contribution in [0.25, 0.3) is 22.4 Å². The number of carbonyl (C=O) groups is 1. The van der Waals surface area contributed by atoms with Crippen LogP contribution in [-0.2, 0) is 6.61 Å². The van der Waals surface area contributed by atoms with Crippen molar-refractivity contribution in [2.24, 2.45) is 5.10 Å². The van der Waals surface area contributed by atoms with E-state index in [1.54, 1.807) is 6.07 Å². The maximum Gasteiger partial charge on any atom is 0.289 e. The molecule has 1 heterocycles. The molecule has 0 aliphatic rings. The highest BCUT2D eigenvalue weighted by Gasteiger charge is 2.11. The Balaban J connectivity index is 1.18. The number of benzene rings is 4. The first-order chi connectivity index (χ1) is 18.5. The van der Waals surface area contributed by atoms with Crippen LogP contribution in [0.5, 0.6) is 5.75 Å². The summed E-state index contributed by atoms with van der Waals surface area (Å²) >= 11 is 0. The van der Waals surface area contributed by atoms with E-state index in [9.17, 15) is 4.79 Å². The normalized spacial score (nSPS) is 11.3. The average Bonchev–Trinajstić information content (AvgIpc) is 3.47. The Morgan fingerprint density at radius 3 is 2.21 bits per heavy atom. The molecule has 0 fully saturated rings. The molecule has 6 heteroatoms. The second kappa shape index (κ2) is 11.4. The number of aryl methyl sites for hydroxylation is 1. The molecule has 0 unspecified atom stereocenters. The Morgan fingerprint density at radius 2 is 1.50 bits per heavy atom. The number of nitrogens with zero attached hydrogens (tertiary/aromatic N) is 2. The van der Waals surface area contributed by atoms with Crippen molar-refractivity contribution in [3.63, 3.8) is 0 Å². The summed E-state index contributed by atoms with van der Waals surface area (Å²) in [6, 6.07) is 35.9. The molecule has 188 valence electrons. The molecule has 0 aliphatic heterocycles. The van der Waals surface area contributed by atoms with Crippen LogP contribution in [0.3, 0.4) is 0 Å². The van der Waals surface area contributed by atoms with E-state index < -0.39 is 0 Å². The van der Waals surface area contributed by atoms with E-state index in [2.05, 4.69) is 64.0 Å². The summed E-state index contributed by atoms with van der Waals surface area (Å²) in [5.74, 6) is 0.409. The SMILES string of the molecule is CC(=NNC(=O)c1cc(-c2ccc(OCc3ccc(C)cc3)cc2)n[nH]1)c1ccc(-c2ccccc2)cc1. The molecule has 1 amide bonds. The lowest BCUT2D eigenvalue weighted by molar-refractivity contribution is 0.0950. The van der Waals surface area contributed by atoms with E-state index in [0.717, 1.165) is 33.6 Å². The third kappa shape index (κ3) is 6.05. The first-order valence-electron chi connectivity index (χ1n) is 12.4. The van der Waals surface area contributed by atoms with Gasteiger partial charge in [-0.25, -0.2) is 5.43 Å². The highest BCUT2D eigenvalue weighted by atomic mass is 16.5. The number of hydrazone groups is 1. The average molecular weight is 501 g/mol. The number of amides is 1. The number of aromatic nitrogens is 2. The molecule has 2 N–H and O–H groups in total. The van der Waals surface area contributed by atoms with Crippen LogP contribution in [0, 0.1) is 6.92 Å². The zero-order valence-electron chi connectivity index (χ0n) is 21.3. The van der Waals surface area contributed by atoms with Crippen LogP contribution in [0.15, 0.2) is 114 Å². The Morgan fingerprint density at radius 1 is 0.842 bits per heavy atom. The minimum absolute atomic E-state index is 0.329. The Kier molecular flexibility index (Phi) is 7.41. The molecule has 0 atom stereocenters. The van der Waals surface area contributed by atoms with E-state index >= 15 is 0 Å². The third-order valence-electron chi connectivity index (χ3n) is 6.23. The molecular weight excluding hydrogens is 472 g/mol. The molecule has 4 aromatic carbocycles. The van der Waals surface area contributed by atoms with Gasteiger partial charge in [0.15, 0.2) is 0 Å². The Labute approximate surface area is 222 Å². The number of H-pyrrole nitrogens is 1. The quantitative estimate of drug-likeness (QED) is 0.182. The van der Waals surface area contributed by atoms with E-state index in [-0.39, 0.29) is 5.91 Å². The zero-order valence-corrected chi connectivity index (χ0v) is 21.3. The molecule has 5 rings (SSSR count). The monoisotopic (exact) mass is 500 g/mol. The number of hydrogen-bond donors (Lipinski definition) is 2. The third-order valence-corrected chi connectivity index (χ3v) is 6.23. The second-order valence-electron chi connectivity index (χ2n) is 9.05. The van der Waals surface area contributed by atoms with Gasteiger partial charge in [0, 0.05) is 5.56 Å². The molecular formula is C32H28N4O2. The van der Waals surface area contributed by atoms with Gasteiger partial charge in [0.2, 0.25) is 0 Å². The van der Waals surface area contributed by atoms with Gasteiger partial charge in [-0.15, -0.1) is 0 Å². The summed E-state index contributed by atoms with van der Waals surface area (Å²) in [5, 5.41) is 11.4. The van der Waals surface area contributed by atoms with Crippen LogP contribution in [0.1, 0.15) is 34.1 Å². The molecule has 0 saturated carbocycles. The number of ether oxygens (including phenoxy) is 1. The Hall–Kier alpha value is -4.97. The predicted octanol–water partition coefficient (Wildman–Crippen LogP) is 6.79. The largest absolute Gasteiger partial charge is 0.489 e. The van der Waals surface area contributed by atoms with Crippen molar-refractivity contribution >= 4 is 11.6 Å². The molecule has 6 nitrogen and oxygen atoms in total. The summed E-state index contributed by atoms with van der Waals surface area (Å²) in [7, 11) is 0. The van der Waals surface area contributed by atoms with Gasteiger partial charge < -0.3 is 4.74 Å². The van der Waals surface area contributed by atoms with Crippen LogP contribution >= 0.6 is 0 Å². The number of aromatic amines is 1. The molecule has 0 bridgehead atoms. The van der Waals surface area contributed by atoms with Gasteiger partial charge in [0.1, 0.15) is 18.1 Å². The van der Waals surface area contributed by atoms with E-state index in [0.29, 0.717) is 23.7 Å². The summed E-state index contributed by atoms with van der Waals surface area (Å²) in [5.41, 5.74) is 10.7. The number of hydrogen-bond acceptors (Lipinski definition) is 4. The Bertz CT molecular complexity index is 1540. The fourth-order valence-corrected chi connectivity index (χ4v) is 3.95. The van der Waals surface area contributed by atoms with Crippen LogP contribution in [0.2, 0.25) is 0 Å². The lowest BCUT2D eigenvalue weighted by atomic mass is 10.0. The van der Waals surface area contributed by atoms with E-state index in [1.807, 2.05) is 73.7 Å². The topological polar surface area (TPSA) is 79.4 Å². The fourth-order valence-electron chi connectivity index (χ4n) is 3.95. The van der Waals surface area contributed by atoms with Crippen molar-refractivity contribution < 1.29 is 9.53 Å². The molecule has 0 saturated heterocycles. The lowest BCUT2D eigenvalue weighted by Gasteiger charge is -2.07. The van der Waals surface area contributed by atoms with Crippen molar-refractivity contribution in [1.29, 1.82) is 0 Å². The fraction of sp³-hybridized carbons (Fsp3) is 0.0938. The summed E-state index contributed by atoms with van der Waals surface area (Å²) in [6.45, 7) is 4.43. The van der Waals surface area contributed by atoms with E-state index in [4.69, 9.17) is 4.74 Å². The van der Waals surface area contributed by atoms with Gasteiger partial charge >= 0.3 is 0 Å². The first kappa shape index (κ1) is 24.7. The molecule has 0 aliphatic carbocycles. The lowest BCUT2D eigenvalue weighted by Crippen LogP contribution is -2.19. The van der Waals surface area contributed by atoms with Crippen molar-refractivity contribution in [3.8, 4) is 28.1 Å². The summed E-state index contributed by atoms with van der Waals surface area (Å²) in [6.07, 6.45) is 0. The molecule has 38 heavy (non-hydrogen) atoms. The summed E-state index contributed by atoms with van der Waals surface area (Å²) < 4.78 is 5.88. The van der Waals surface area contributed by atoms with Crippen LogP contribution in [0.4, 0.5) is 0 Å². The van der Waals surface area contributed by atoms with E-state index in [1.165, 1.54) is 5.56 Å². The van der Waals surface area contributed by atoms with Gasteiger partial charge in [-0.3, -0.25) is 9.89 Å². The minimum atomic E-state index is -0.359. The maximum absolute atomic E-state index is 12.6. The van der Waals surface area contributed by atoms with Crippen molar-refractivity contribution in [1.82, 2.24) is 15.6 Å². The number of rotatable bonds is 8. The standard InChI is InChI=1S/C32H28N4O2/c1-22-8-10-24(11-9-22)21-38-29-18-16-28(17-19-29)30-20-31(35-34-30)32(37)36-33-23(2)25-12-14-27(15-13-25)26-6-4-3-5-7-26/h3-20H,21H2,1-2H3,(H,34,35)(H,36,37). The number of carbonyl (C=O) groups excluding carboxylic acids is 1. The zero-order chi connectivity index (χ0) is 26.3.